The zero-order valence-corrected chi connectivity index (χ0v) is 9.07. The van der Waals surface area contributed by atoms with Gasteiger partial charge in [-0.1, -0.05) is 0 Å². The number of nitrogens with two attached hydrogens (primary N) is 1. The third-order valence-electron chi connectivity index (χ3n) is 2.50. The molecule has 1 unspecified atom stereocenters. The Kier molecular flexibility index (Phi) is 3.22. The van der Waals surface area contributed by atoms with Crippen LogP contribution in [-0.4, -0.2) is 13.7 Å². The highest BCUT2D eigenvalue weighted by atomic mass is 19.1. The van der Waals surface area contributed by atoms with E-state index in [1.807, 2.05) is 0 Å². The Hall–Kier alpha value is -1.39. The van der Waals surface area contributed by atoms with Gasteiger partial charge in [0.1, 0.15) is 17.2 Å². The number of rotatable bonds is 4. The Balaban J connectivity index is 2.25. The second-order valence-electron chi connectivity index (χ2n) is 3.72. The zero-order chi connectivity index (χ0) is 11.5. The van der Waals surface area contributed by atoms with E-state index < -0.39 is 0 Å². The van der Waals surface area contributed by atoms with Crippen molar-refractivity contribution in [2.24, 2.45) is 5.73 Å². The molecule has 3 nitrogen and oxygen atoms in total. The SMILES string of the molecule is COCCC(N)c1cc2cc(F)ccc2o1. The first kappa shape index (κ1) is 11.1. The first-order chi connectivity index (χ1) is 7.70. The lowest BCUT2D eigenvalue weighted by Gasteiger charge is -2.06. The molecule has 86 valence electrons. The van der Waals surface area contributed by atoms with Gasteiger partial charge in [-0.3, -0.25) is 0 Å². The molecule has 1 heterocycles. The lowest BCUT2D eigenvalue weighted by Crippen LogP contribution is -2.11. The van der Waals surface area contributed by atoms with Crippen LogP contribution in [0.25, 0.3) is 11.0 Å². The van der Waals surface area contributed by atoms with Crippen LogP contribution < -0.4 is 5.73 Å². The number of hydrogen-bond donors (Lipinski definition) is 1. The van der Waals surface area contributed by atoms with Crippen molar-refractivity contribution in [2.45, 2.75) is 12.5 Å². The van der Waals surface area contributed by atoms with Crippen LogP contribution in [0.2, 0.25) is 0 Å². The summed E-state index contributed by atoms with van der Waals surface area (Å²) in [6.45, 7) is 0.576. The lowest BCUT2D eigenvalue weighted by atomic mass is 10.1. The van der Waals surface area contributed by atoms with Gasteiger partial charge in [-0.15, -0.1) is 0 Å². The van der Waals surface area contributed by atoms with Gasteiger partial charge in [-0.2, -0.15) is 0 Å². The molecule has 0 spiro atoms. The summed E-state index contributed by atoms with van der Waals surface area (Å²) < 4.78 is 23.4. The first-order valence-corrected chi connectivity index (χ1v) is 5.14. The van der Waals surface area contributed by atoms with Gasteiger partial charge in [0.2, 0.25) is 0 Å². The van der Waals surface area contributed by atoms with Gasteiger partial charge in [-0.05, 0) is 30.7 Å². The van der Waals surface area contributed by atoms with Gasteiger partial charge in [0, 0.05) is 19.1 Å². The fraction of sp³-hybridized carbons (Fsp3) is 0.333. The quantitative estimate of drug-likeness (QED) is 0.866. The van der Waals surface area contributed by atoms with E-state index in [9.17, 15) is 4.39 Å². The molecule has 1 aromatic heterocycles. The standard InChI is InChI=1S/C12H14FNO2/c1-15-5-4-10(14)12-7-8-6-9(13)2-3-11(8)16-12/h2-3,6-7,10H,4-5,14H2,1H3. The molecule has 16 heavy (non-hydrogen) atoms. The van der Waals surface area contributed by atoms with Crippen molar-refractivity contribution in [3.05, 3.63) is 35.8 Å². The Morgan fingerprint density at radius 3 is 3.00 bits per heavy atom. The molecule has 2 rings (SSSR count). The van der Waals surface area contributed by atoms with Crippen molar-refractivity contribution in [3.8, 4) is 0 Å². The average Bonchev–Trinajstić information content (AvgIpc) is 2.68. The number of ether oxygens (including phenoxy) is 1. The van der Waals surface area contributed by atoms with Gasteiger partial charge in [-0.25, -0.2) is 4.39 Å². The summed E-state index contributed by atoms with van der Waals surface area (Å²) in [6, 6.07) is 5.98. The fourth-order valence-electron chi connectivity index (χ4n) is 1.60. The molecule has 0 amide bonds. The molecule has 0 aliphatic rings. The Morgan fingerprint density at radius 2 is 2.25 bits per heavy atom. The maximum Gasteiger partial charge on any atom is 0.134 e. The molecule has 2 aromatic rings. The van der Waals surface area contributed by atoms with Crippen molar-refractivity contribution in [2.75, 3.05) is 13.7 Å². The van der Waals surface area contributed by atoms with Crippen LogP contribution in [-0.2, 0) is 4.74 Å². The predicted molar refractivity (Wildman–Crippen MR) is 59.6 cm³/mol. The van der Waals surface area contributed by atoms with E-state index in [1.54, 1.807) is 19.2 Å². The second kappa shape index (κ2) is 4.63. The van der Waals surface area contributed by atoms with E-state index >= 15 is 0 Å². The summed E-state index contributed by atoms with van der Waals surface area (Å²) in [7, 11) is 1.63. The van der Waals surface area contributed by atoms with Crippen LogP contribution in [0.3, 0.4) is 0 Å². The molecule has 0 bridgehead atoms. The third-order valence-corrected chi connectivity index (χ3v) is 2.50. The van der Waals surface area contributed by atoms with Crippen molar-refractivity contribution >= 4 is 11.0 Å². The van der Waals surface area contributed by atoms with Crippen molar-refractivity contribution < 1.29 is 13.5 Å². The van der Waals surface area contributed by atoms with Gasteiger partial charge >= 0.3 is 0 Å². The summed E-state index contributed by atoms with van der Waals surface area (Å²) in [5.41, 5.74) is 6.57. The summed E-state index contributed by atoms with van der Waals surface area (Å²) in [5.74, 6) is 0.392. The first-order valence-electron chi connectivity index (χ1n) is 5.14. The van der Waals surface area contributed by atoms with Crippen LogP contribution in [0.1, 0.15) is 18.2 Å². The van der Waals surface area contributed by atoms with Crippen LogP contribution in [0.5, 0.6) is 0 Å². The molecular formula is C12H14FNO2. The van der Waals surface area contributed by atoms with Crippen LogP contribution in [0.15, 0.2) is 28.7 Å². The molecule has 1 atom stereocenters. The number of halogens is 1. The zero-order valence-electron chi connectivity index (χ0n) is 9.07. The third kappa shape index (κ3) is 2.23. The van der Waals surface area contributed by atoms with E-state index in [-0.39, 0.29) is 11.9 Å². The van der Waals surface area contributed by atoms with Crippen LogP contribution >= 0.6 is 0 Å². The Bertz CT molecular complexity index is 481. The van der Waals surface area contributed by atoms with E-state index in [2.05, 4.69) is 0 Å². The fourth-order valence-corrected chi connectivity index (χ4v) is 1.60. The molecular weight excluding hydrogens is 209 g/mol. The van der Waals surface area contributed by atoms with Gasteiger partial charge < -0.3 is 14.9 Å². The molecule has 0 radical (unpaired) electrons. The topological polar surface area (TPSA) is 48.4 Å². The molecule has 4 heteroatoms. The van der Waals surface area contributed by atoms with Crippen LogP contribution in [0, 0.1) is 5.82 Å². The van der Waals surface area contributed by atoms with Gasteiger partial charge in [0.15, 0.2) is 0 Å². The Morgan fingerprint density at radius 1 is 1.44 bits per heavy atom. The minimum absolute atomic E-state index is 0.213. The molecule has 0 aliphatic carbocycles. The number of methoxy groups -OCH3 is 1. The summed E-state index contributed by atoms with van der Waals surface area (Å²) in [6.07, 6.45) is 0.679. The van der Waals surface area contributed by atoms with Gasteiger partial charge in [0.25, 0.3) is 0 Å². The van der Waals surface area contributed by atoms with E-state index in [0.717, 1.165) is 5.39 Å². The average molecular weight is 223 g/mol. The molecule has 2 N–H and O–H groups in total. The predicted octanol–water partition coefficient (Wildman–Crippen LogP) is 2.61. The molecule has 0 fully saturated rings. The van der Waals surface area contributed by atoms with E-state index in [1.165, 1.54) is 12.1 Å². The molecule has 0 saturated heterocycles. The van der Waals surface area contributed by atoms with Crippen molar-refractivity contribution in [1.82, 2.24) is 0 Å². The van der Waals surface area contributed by atoms with Gasteiger partial charge in [0.05, 0.1) is 6.04 Å². The van der Waals surface area contributed by atoms with Crippen LogP contribution in [0.4, 0.5) is 4.39 Å². The van der Waals surface area contributed by atoms with Crippen molar-refractivity contribution in [1.29, 1.82) is 0 Å². The lowest BCUT2D eigenvalue weighted by molar-refractivity contribution is 0.185. The maximum absolute atomic E-state index is 13.0. The maximum atomic E-state index is 13.0. The highest BCUT2D eigenvalue weighted by Crippen LogP contribution is 2.24. The second-order valence-corrected chi connectivity index (χ2v) is 3.72. The largest absolute Gasteiger partial charge is 0.459 e. The number of fused-ring (bicyclic) bond motifs is 1. The minimum atomic E-state index is -0.273. The highest BCUT2D eigenvalue weighted by Gasteiger charge is 2.12. The monoisotopic (exact) mass is 223 g/mol. The summed E-state index contributed by atoms with van der Waals surface area (Å²) in [5, 5.41) is 0.739. The number of hydrogen-bond acceptors (Lipinski definition) is 3. The molecule has 0 aliphatic heterocycles. The summed E-state index contributed by atoms with van der Waals surface area (Å²) in [4.78, 5) is 0. The normalized spacial score (nSPS) is 13.2. The molecule has 0 saturated carbocycles. The smallest absolute Gasteiger partial charge is 0.134 e. The summed E-state index contributed by atoms with van der Waals surface area (Å²) >= 11 is 0. The van der Waals surface area contributed by atoms with E-state index in [0.29, 0.717) is 24.4 Å². The number of benzene rings is 1. The highest BCUT2D eigenvalue weighted by molar-refractivity contribution is 5.77. The minimum Gasteiger partial charge on any atom is -0.459 e. The van der Waals surface area contributed by atoms with Crippen molar-refractivity contribution in [3.63, 3.8) is 0 Å². The van der Waals surface area contributed by atoms with E-state index in [4.69, 9.17) is 14.9 Å². The Labute approximate surface area is 93.0 Å². The number of furan rings is 1. The molecule has 1 aromatic carbocycles.